The summed E-state index contributed by atoms with van der Waals surface area (Å²) in [5.41, 5.74) is 0.431. The Hall–Kier alpha value is -1.04. The van der Waals surface area contributed by atoms with Gasteiger partial charge in [-0.2, -0.15) is 0 Å². The van der Waals surface area contributed by atoms with E-state index in [1.165, 1.54) is 5.46 Å². The molecule has 0 aliphatic heterocycles. The van der Waals surface area contributed by atoms with E-state index in [1.807, 2.05) is 32.1 Å². The lowest BCUT2D eigenvalue weighted by Crippen LogP contribution is -2.27. The Morgan fingerprint density at radius 3 is 2.07 bits per heavy atom. The van der Waals surface area contributed by atoms with Crippen molar-refractivity contribution in [3.8, 4) is 5.75 Å². The fraction of sp³-hybridized carbons (Fsp3) is 0.400. The molecule has 5 N–H and O–H groups in total. The van der Waals surface area contributed by atoms with Crippen LogP contribution < -0.4 is 10.2 Å². The molecule has 1 rings (SSSR count). The first kappa shape index (κ1) is 16.4. The summed E-state index contributed by atoms with van der Waals surface area (Å²) in [5, 5.41) is 9.41. The first-order valence-electron chi connectivity index (χ1n) is 4.39. The number of ether oxygens (including phenoxy) is 1. The fourth-order valence-corrected chi connectivity index (χ4v) is 0.894. The maximum Gasteiger partial charge on any atom is 0.139 e. The van der Waals surface area contributed by atoms with E-state index in [4.69, 9.17) is 4.74 Å². The largest absolute Gasteiger partial charge is 0.491 e. The van der Waals surface area contributed by atoms with Gasteiger partial charge in [0.2, 0.25) is 0 Å². The molecule has 0 saturated heterocycles. The van der Waals surface area contributed by atoms with E-state index in [0.717, 1.165) is 5.75 Å². The minimum absolute atomic E-state index is 0. The highest BCUT2D eigenvalue weighted by Crippen LogP contribution is 2.10. The molecule has 0 spiro atoms. The first-order valence-corrected chi connectivity index (χ1v) is 4.39. The normalized spacial score (nSPS) is 9.80. The van der Waals surface area contributed by atoms with Crippen LogP contribution in [0.2, 0.25) is 0 Å². The van der Waals surface area contributed by atoms with Gasteiger partial charge in [0.1, 0.15) is 20.2 Å². The molecule has 15 heavy (non-hydrogen) atoms. The van der Waals surface area contributed by atoms with Crippen LogP contribution in [0.1, 0.15) is 13.8 Å². The van der Waals surface area contributed by atoms with Crippen LogP contribution in [0.15, 0.2) is 24.3 Å². The predicted octanol–water partition coefficient (Wildman–Crippen LogP) is -1.55. The van der Waals surface area contributed by atoms with Crippen molar-refractivity contribution in [1.29, 1.82) is 0 Å². The molecule has 1 aromatic rings. The third-order valence-corrected chi connectivity index (χ3v) is 1.61. The highest BCUT2D eigenvalue weighted by molar-refractivity contribution is 6.32. The number of aliphatic hydroxyl groups is 1. The first-order chi connectivity index (χ1) is 5.97. The molecule has 0 aromatic heterocycles. The van der Waals surface area contributed by atoms with Crippen molar-refractivity contribution in [3.05, 3.63) is 24.3 Å². The van der Waals surface area contributed by atoms with Gasteiger partial charge in [-0.15, -0.1) is 0 Å². The second-order valence-corrected chi connectivity index (χ2v) is 3.91. The van der Waals surface area contributed by atoms with Gasteiger partial charge in [0.25, 0.3) is 0 Å². The zero-order chi connectivity index (χ0) is 9.90. The molecule has 0 fully saturated rings. The van der Waals surface area contributed by atoms with Crippen LogP contribution >= 0.6 is 0 Å². The Balaban J connectivity index is 0. The smallest absolute Gasteiger partial charge is 0.139 e. The second-order valence-electron chi connectivity index (χ2n) is 3.91. The van der Waals surface area contributed by atoms with Gasteiger partial charge in [-0.3, -0.25) is 0 Å². The van der Waals surface area contributed by atoms with Crippen LogP contribution in [-0.4, -0.2) is 36.1 Å². The molecule has 0 aliphatic carbocycles. The van der Waals surface area contributed by atoms with E-state index in [2.05, 4.69) is 0 Å². The monoisotopic (exact) mass is 214 g/mol. The summed E-state index contributed by atoms with van der Waals surface area (Å²) in [6.45, 7) is 3.76. The van der Waals surface area contributed by atoms with Crippen molar-refractivity contribution in [2.45, 2.75) is 19.4 Å². The van der Waals surface area contributed by atoms with Crippen LogP contribution in [0.4, 0.5) is 0 Å². The number of hydrogen-bond donors (Lipinski definition) is 1. The van der Waals surface area contributed by atoms with Crippen LogP contribution in [0.5, 0.6) is 5.75 Å². The van der Waals surface area contributed by atoms with Gasteiger partial charge in [0.05, 0.1) is 5.60 Å². The van der Waals surface area contributed by atoms with Gasteiger partial charge in [0.15, 0.2) is 0 Å². The number of rotatable bonds is 3. The Morgan fingerprint density at radius 2 is 1.67 bits per heavy atom. The van der Waals surface area contributed by atoms with E-state index >= 15 is 0 Å². The highest BCUT2D eigenvalue weighted by atomic mass is 16.5. The van der Waals surface area contributed by atoms with Gasteiger partial charge >= 0.3 is 0 Å². The van der Waals surface area contributed by atoms with Crippen LogP contribution in [0.25, 0.3) is 0 Å². The zero-order valence-corrected chi connectivity index (χ0v) is 9.37. The quantitative estimate of drug-likeness (QED) is 0.616. The Kier molecular flexibility index (Phi) is 7.05. The topological polar surface area (TPSA) is 92.5 Å². The standard InChI is InChI=1S/C10H15BO2.2H2O/c1-10(2,12)7-13-9-5-3-8(11)4-6-9;;/h3-6,12H,7,11H2,1-2H3;2*1H2. The molecule has 0 aliphatic rings. The molecular weight excluding hydrogens is 195 g/mol. The van der Waals surface area contributed by atoms with E-state index in [1.54, 1.807) is 13.8 Å². The second kappa shape index (κ2) is 6.45. The summed E-state index contributed by atoms with van der Waals surface area (Å²) in [6.07, 6.45) is 0. The van der Waals surface area contributed by atoms with Gasteiger partial charge in [0, 0.05) is 0 Å². The minimum Gasteiger partial charge on any atom is -0.491 e. The minimum atomic E-state index is -0.773. The third kappa shape index (κ3) is 6.96. The maximum atomic E-state index is 9.41. The lowest BCUT2D eigenvalue weighted by molar-refractivity contribution is 0.0285. The molecule has 0 saturated carbocycles. The van der Waals surface area contributed by atoms with Gasteiger partial charge in [-0.05, 0) is 26.0 Å². The molecule has 0 amide bonds. The fourth-order valence-electron chi connectivity index (χ4n) is 0.894. The summed E-state index contributed by atoms with van der Waals surface area (Å²) in [5.74, 6) is 0.799. The van der Waals surface area contributed by atoms with E-state index < -0.39 is 5.60 Å². The van der Waals surface area contributed by atoms with Gasteiger partial charge < -0.3 is 20.8 Å². The lowest BCUT2D eigenvalue weighted by Gasteiger charge is -2.17. The molecule has 0 unspecified atom stereocenters. The maximum absolute atomic E-state index is 9.41. The van der Waals surface area contributed by atoms with Crippen LogP contribution in [-0.2, 0) is 0 Å². The third-order valence-electron chi connectivity index (χ3n) is 1.61. The van der Waals surface area contributed by atoms with Crippen molar-refractivity contribution in [3.63, 3.8) is 0 Å². The van der Waals surface area contributed by atoms with Crippen molar-refractivity contribution >= 4 is 13.3 Å². The van der Waals surface area contributed by atoms with E-state index in [-0.39, 0.29) is 11.0 Å². The summed E-state index contributed by atoms with van der Waals surface area (Å²) < 4.78 is 5.38. The molecular formula is C10H19BO4. The predicted molar refractivity (Wildman–Crippen MR) is 63.6 cm³/mol. The SMILES string of the molecule is Bc1ccc(OCC(C)(C)O)cc1.O.O. The Bertz CT molecular complexity index is 266. The molecule has 0 heterocycles. The highest BCUT2D eigenvalue weighted by Gasteiger charge is 2.12. The molecule has 0 bridgehead atoms. The van der Waals surface area contributed by atoms with E-state index in [9.17, 15) is 5.11 Å². The lowest BCUT2D eigenvalue weighted by atomic mass is 9.97. The molecule has 5 heteroatoms. The molecule has 86 valence electrons. The Morgan fingerprint density at radius 1 is 1.20 bits per heavy atom. The van der Waals surface area contributed by atoms with Crippen LogP contribution in [0, 0.1) is 0 Å². The molecule has 0 atom stereocenters. The van der Waals surface area contributed by atoms with Crippen molar-refractivity contribution in [1.82, 2.24) is 0 Å². The summed E-state index contributed by atoms with van der Waals surface area (Å²) in [6, 6.07) is 7.78. The number of hydrogen-bond acceptors (Lipinski definition) is 2. The van der Waals surface area contributed by atoms with Gasteiger partial charge in [-0.25, -0.2) is 0 Å². The van der Waals surface area contributed by atoms with Gasteiger partial charge in [-0.1, -0.05) is 17.6 Å². The summed E-state index contributed by atoms with van der Waals surface area (Å²) >= 11 is 0. The number of benzene rings is 1. The summed E-state index contributed by atoms with van der Waals surface area (Å²) in [4.78, 5) is 0. The average Bonchev–Trinajstić information content (AvgIpc) is 2.02. The molecule has 0 radical (unpaired) electrons. The Labute approximate surface area is 90.9 Å². The van der Waals surface area contributed by atoms with E-state index in [0.29, 0.717) is 6.61 Å². The summed E-state index contributed by atoms with van der Waals surface area (Å²) in [7, 11) is 2.03. The van der Waals surface area contributed by atoms with Crippen molar-refractivity contribution in [2.24, 2.45) is 0 Å². The van der Waals surface area contributed by atoms with Crippen molar-refractivity contribution in [2.75, 3.05) is 6.61 Å². The van der Waals surface area contributed by atoms with Crippen LogP contribution in [0.3, 0.4) is 0 Å². The average molecular weight is 214 g/mol. The van der Waals surface area contributed by atoms with Crippen molar-refractivity contribution < 1.29 is 20.8 Å². The molecule has 1 aromatic carbocycles. The zero-order valence-electron chi connectivity index (χ0n) is 9.37. The molecule has 4 nitrogen and oxygen atoms in total.